The summed E-state index contributed by atoms with van der Waals surface area (Å²) in [5.74, 6) is 0.149. The summed E-state index contributed by atoms with van der Waals surface area (Å²) >= 11 is 0. The lowest BCUT2D eigenvalue weighted by atomic mass is 9.94. The second kappa shape index (κ2) is 4.52. The van der Waals surface area contributed by atoms with Crippen molar-refractivity contribution in [1.29, 1.82) is 0 Å². The van der Waals surface area contributed by atoms with Crippen molar-refractivity contribution in [3.05, 3.63) is 24.0 Å². The number of halogens is 1. The van der Waals surface area contributed by atoms with Gasteiger partial charge in [-0.25, -0.2) is 9.07 Å². The minimum absolute atomic E-state index is 0.00794. The molecule has 0 saturated carbocycles. The van der Waals surface area contributed by atoms with E-state index in [-0.39, 0.29) is 17.5 Å². The maximum absolute atomic E-state index is 13.2. The topological polar surface area (TPSA) is 78.8 Å². The van der Waals surface area contributed by atoms with Crippen LogP contribution in [0.1, 0.15) is 20.3 Å². The highest BCUT2D eigenvalue weighted by Crippen LogP contribution is 2.36. The summed E-state index contributed by atoms with van der Waals surface area (Å²) in [5, 5.41) is 11.9. The second-order valence-corrected chi connectivity index (χ2v) is 5.27. The molecule has 2 N–H and O–H groups in total. The van der Waals surface area contributed by atoms with Crippen LogP contribution in [-0.2, 0) is 10.3 Å². The highest BCUT2D eigenvalue weighted by Gasteiger charge is 2.41. The number of benzene rings is 1. The monoisotopic (exact) mass is 277 g/mol. The van der Waals surface area contributed by atoms with Gasteiger partial charge >= 0.3 is 0 Å². The van der Waals surface area contributed by atoms with Gasteiger partial charge in [-0.2, -0.15) is 0 Å². The minimum Gasteiger partial charge on any atom is -0.398 e. The van der Waals surface area contributed by atoms with Crippen molar-refractivity contribution in [3.63, 3.8) is 0 Å². The quantitative estimate of drug-likeness (QED) is 0.843. The van der Waals surface area contributed by atoms with Crippen molar-refractivity contribution in [3.8, 4) is 11.4 Å². The van der Waals surface area contributed by atoms with Gasteiger partial charge in [0.2, 0.25) is 0 Å². The molecule has 0 bridgehead atoms. The van der Waals surface area contributed by atoms with Gasteiger partial charge < -0.3 is 10.5 Å². The van der Waals surface area contributed by atoms with Crippen molar-refractivity contribution in [1.82, 2.24) is 20.2 Å². The van der Waals surface area contributed by atoms with Crippen LogP contribution in [0.2, 0.25) is 0 Å². The van der Waals surface area contributed by atoms with Crippen molar-refractivity contribution in [2.75, 3.05) is 12.3 Å². The van der Waals surface area contributed by atoms with E-state index in [9.17, 15) is 4.39 Å². The first-order valence-corrected chi connectivity index (χ1v) is 6.48. The Morgan fingerprint density at radius 3 is 2.95 bits per heavy atom. The summed E-state index contributed by atoms with van der Waals surface area (Å²) in [6, 6.07) is 4.21. The van der Waals surface area contributed by atoms with Crippen LogP contribution < -0.4 is 5.73 Å². The number of ether oxygens (including phenoxy) is 1. The van der Waals surface area contributed by atoms with E-state index in [4.69, 9.17) is 10.5 Å². The molecule has 1 aliphatic rings. The minimum atomic E-state index is -0.381. The van der Waals surface area contributed by atoms with E-state index >= 15 is 0 Å². The Morgan fingerprint density at radius 1 is 1.50 bits per heavy atom. The van der Waals surface area contributed by atoms with Crippen LogP contribution in [0.5, 0.6) is 0 Å². The molecule has 2 unspecified atom stereocenters. The van der Waals surface area contributed by atoms with Crippen LogP contribution in [-0.4, -0.2) is 32.9 Å². The maximum Gasteiger partial charge on any atom is 0.184 e. The zero-order valence-corrected chi connectivity index (χ0v) is 11.4. The van der Waals surface area contributed by atoms with Crippen LogP contribution in [0.25, 0.3) is 11.4 Å². The summed E-state index contributed by atoms with van der Waals surface area (Å²) in [6.07, 6.45) is 0.805. The molecule has 0 aliphatic carbocycles. The van der Waals surface area contributed by atoms with Crippen molar-refractivity contribution >= 4 is 5.69 Å². The highest BCUT2D eigenvalue weighted by molar-refractivity contribution is 5.71. The molecule has 2 atom stereocenters. The van der Waals surface area contributed by atoms with Gasteiger partial charge in [0.15, 0.2) is 5.82 Å². The molecule has 7 heteroatoms. The molecule has 1 aromatic carbocycles. The van der Waals surface area contributed by atoms with Crippen molar-refractivity contribution < 1.29 is 9.13 Å². The molecule has 2 aromatic rings. The average molecular weight is 277 g/mol. The lowest BCUT2D eigenvalue weighted by Gasteiger charge is -2.28. The molecule has 20 heavy (non-hydrogen) atoms. The Morgan fingerprint density at radius 2 is 2.30 bits per heavy atom. The van der Waals surface area contributed by atoms with Gasteiger partial charge in [-0.3, -0.25) is 0 Å². The summed E-state index contributed by atoms with van der Waals surface area (Å²) in [5.41, 5.74) is 6.48. The summed E-state index contributed by atoms with van der Waals surface area (Å²) < 4.78 is 20.5. The largest absolute Gasteiger partial charge is 0.398 e. The van der Waals surface area contributed by atoms with Gasteiger partial charge in [-0.1, -0.05) is 0 Å². The van der Waals surface area contributed by atoms with Gasteiger partial charge in [-0.15, -0.1) is 5.10 Å². The molecular weight excluding hydrogens is 261 g/mol. The van der Waals surface area contributed by atoms with E-state index in [1.807, 2.05) is 13.8 Å². The third kappa shape index (κ3) is 1.85. The Kier molecular flexibility index (Phi) is 2.93. The predicted octanol–water partition coefficient (Wildman–Crippen LogP) is 1.59. The van der Waals surface area contributed by atoms with Gasteiger partial charge in [0.1, 0.15) is 5.82 Å². The predicted molar refractivity (Wildman–Crippen MR) is 71.3 cm³/mol. The molecule has 1 saturated heterocycles. The highest BCUT2D eigenvalue weighted by atomic mass is 19.1. The number of nitrogens with two attached hydrogens (primary N) is 1. The summed E-state index contributed by atoms with van der Waals surface area (Å²) in [6.45, 7) is 4.70. The Bertz CT molecular complexity index is 643. The van der Waals surface area contributed by atoms with Gasteiger partial charge in [0.05, 0.1) is 11.6 Å². The second-order valence-electron chi connectivity index (χ2n) is 5.27. The lowest BCUT2D eigenvalue weighted by Crippen LogP contribution is -2.38. The van der Waals surface area contributed by atoms with E-state index in [0.717, 1.165) is 6.42 Å². The number of aromatic nitrogens is 4. The fourth-order valence-corrected chi connectivity index (χ4v) is 2.54. The fourth-order valence-electron chi connectivity index (χ4n) is 2.54. The van der Waals surface area contributed by atoms with E-state index in [2.05, 4.69) is 15.5 Å². The van der Waals surface area contributed by atoms with E-state index in [0.29, 0.717) is 23.7 Å². The third-order valence-electron chi connectivity index (χ3n) is 4.06. The molecule has 3 rings (SSSR count). The third-order valence-corrected chi connectivity index (χ3v) is 4.06. The molecule has 6 nitrogen and oxygen atoms in total. The molecule has 0 spiro atoms. The normalized spacial score (nSPS) is 26.1. The zero-order chi connectivity index (χ0) is 14.3. The molecule has 2 heterocycles. The van der Waals surface area contributed by atoms with Crippen LogP contribution in [0.3, 0.4) is 0 Å². The summed E-state index contributed by atoms with van der Waals surface area (Å²) in [4.78, 5) is 0. The maximum atomic E-state index is 13.2. The number of hydrogen-bond donors (Lipinski definition) is 1. The molecule has 1 aliphatic heterocycles. The van der Waals surface area contributed by atoms with Crippen LogP contribution >= 0.6 is 0 Å². The standard InChI is InChI=1S/C13H16FN5O/c1-8-13(2,5-6-20-8)19-12(16-17-18-19)10-4-3-9(14)7-11(10)15/h3-4,7-8H,5-6,15H2,1-2H3. The fraction of sp³-hybridized carbons (Fsp3) is 0.462. The van der Waals surface area contributed by atoms with Gasteiger partial charge in [0.25, 0.3) is 0 Å². The van der Waals surface area contributed by atoms with Crippen LogP contribution in [0, 0.1) is 5.82 Å². The first-order valence-electron chi connectivity index (χ1n) is 6.48. The number of nitrogen functional groups attached to an aromatic ring is 1. The molecule has 1 aromatic heterocycles. The first kappa shape index (κ1) is 13.0. The van der Waals surface area contributed by atoms with Crippen LogP contribution in [0.4, 0.5) is 10.1 Å². The van der Waals surface area contributed by atoms with Crippen LogP contribution in [0.15, 0.2) is 18.2 Å². The number of rotatable bonds is 2. The Hall–Kier alpha value is -2.02. The molecule has 1 fully saturated rings. The SMILES string of the molecule is CC1OCCC1(C)n1nnnc1-c1ccc(F)cc1N. The number of tetrazole rings is 1. The first-order chi connectivity index (χ1) is 9.52. The van der Waals surface area contributed by atoms with Gasteiger partial charge in [-0.05, 0) is 48.9 Å². The van der Waals surface area contributed by atoms with Crippen molar-refractivity contribution in [2.45, 2.75) is 31.9 Å². The molecular formula is C13H16FN5O. The zero-order valence-electron chi connectivity index (χ0n) is 11.4. The Balaban J connectivity index is 2.11. The number of nitrogens with zero attached hydrogens (tertiary/aromatic N) is 4. The molecule has 0 radical (unpaired) electrons. The molecule has 0 amide bonds. The van der Waals surface area contributed by atoms with Crippen molar-refractivity contribution in [2.24, 2.45) is 0 Å². The number of hydrogen-bond acceptors (Lipinski definition) is 5. The summed E-state index contributed by atoms with van der Waals surface area (Å²) in [7, 11) is 0. The lowest BCUT2D eigenvalue weighted by molar-refractivity contribution is 0.0706. The average Bonchev–Trinajstić information content (AvgIpc) is 2.99. The smallest absolute Gasteiger partial charge is 0.184 e. The van der Waals surface area contributed by atoms with E-state index in [1.165, 1.54) is 12.1 Å². The number of anilines is 1. The van der Waals surface area contributed by atoms with E-state index < -0.39 is 0 Å². The Labute approximate surface area is 115 Å². The van der Waals surface area contributed by atoms with Gasteiger partial charge in [0, 0.05) is 17.9 Å². The molecule has 106 valence electrons. The van der Waals surface area contributed by atoms with E-state index in [1.54, 1.807) is 10.7 Å².